The fourth-order valence-corrected chi connectivity index (χ4v) is 5.16. The van der Waals surface area contributed by atoms with E-state index in [0.29, 0.717) is 23.1 Å². The van der Waals surface area contributed by atoms with Crippen molar-refractivity contribution in [2.45, 2.75) is 29.8 Å². The normalized spacial score (nSPS) is 15.6. The molecule has 0 aliphatic carbocycles. The number of halogens is 8. The number of methoxy groups -OCH3 is 1. The molecule has 0 bridgehead atoms. The zero-order valence-corrected chi connectivity index (χ0v) is 20.7. The molecule has 0 spiro atoms. The van der Waals surface area contributed by atoms with E-state index in [-0.39, 0.29) is 25.4 Å². The third-order valence-corrected chi connectivity index (χ3v) is 7.31. The highest BCUT2D eigenvalue weighted by Gasteiger charge is 2.34. The molecule has 3 aromatic carbocycles. The van der Waals surface area contributed by atoms with Gasteiger partial charge in [-0.3, -0.25) is 0 Å². The lowest BCUT2D eigenvalue weighted by Gasteiger charge is -2.28. The molecule has 210 valence electrons. The Bertz CT molecular complexity index is 1490. The molecule has 5 nitrogen and oxygen atoms in total. The van der Waals surface area contributed by atoms with Gasteiger partial charge in [0.15, 0.2) is 0 Å². The number of alkyl halides is 3. The van der Waals surface area contributed by atoms with Gasteiger partial charge in [-0.25, -0.2) is 13.2 Å². The van der Waals surface area contributed by atoms with Gasteiger partial charge in [0.1, 0.15) is 10.6 Å². The van der Waals surface area contributed by atoms with Gasteiger partial charge in [-0.15, -0.1) is 0 Å². The van der Waals surface area contributed by atoms with E-state index in [1.165, 1.54) is 19.2 Å². The maximum absolute atomic E-state index is 14.0. The summed E-state index contributed by atoms with van der Waals surface area (Å²) in [4.78, 5) is -0.724. The third kappa shape index (κ3) is 5.53. The second-order valence-electron chi connectivity index (χ2n) is 8.48. The number of benzene rings is 3. The van der Waals surface area contributed by atoms with Crippen LogP contribution in [0.2, 0.25) is 0 Å². The van der Waals surface area contributed by atoms with Crippen molar-refractivity contribution in [1.29, 1.82) is 0 Å². The van der Waals surface area contributed by atoms with Gasteiger partial charge in [-0.1, -0.05) is 12.1 Å². The highest BCUT2D eigenvalue weighted by Crippen LogP contribution is 2.42. The summed E-state index contributed by atoms with van der Waals surface area (Å²) in [5, 5.41) is 0. The van der Waals surface area contributed by atoms with Crippen LogP contribution in [0.5, 0.6) is 11.5 Å². The average Bonchev–Trinajstić information content (AvgIpc) is 2.90. The molecule has 0 saturated heterocycles. The average molecular weight is 582 g/mol. The van der Waals surface area contributed by atoms with Crippen molar-refractivity contribution in [2.75, 3.05) is 20.3 Å². The van der Waals surface area contributed by atoms with Crippen LogP contribution in [0.1, 0.15) is 34.6 Å². The molecule has 1 heterocycles. The minimum Gasteiger partial charge on any atom is -0.493 e. The molecule has 0 radical (unpaired) electrons. The van der Waals surface area contributed by atoms with Crippen molar-refractivity contribution in [1.82, 2.24) is 0 Å². The van der Waals surface area contributed by atoms with E-state index in [1.807, 2.05) is 0 Å². The summed E-state index contributed by atoms with van der Waals surface area (Å²) in [5.74, 6) is -14.8. The standard InChI is InChI=1S/C25H18F8O5S/c1-36-8-6-12-10-13(25(31,32)33)2-4-15(12)16-7-9-37-18-11-14(3-5-17(16)18)39(34,35)38-24-22(29)20(27)19(26)21(28)23(24)30/h2-5,10-11,16H,6-9H2,1H3. The third-order valence-electron chi connectivity index (χ3n) is 6.10. The van der Waals surface area contributed by atoms with Gasteiger partial charge in [-0.05, 0) is 42.2 Å². The Hall–Kier alpha value is -3.39. The summed E-state index contributed by atoms with van der Waals surface area (Å²) in [7, 11) is -3.72. The summed E-state index contributed by atoms with van der Waals surface area (Å²) < 4.78 is 148. The quantitative estimate of drug-likeness (QED) is 0.142. The highest BCUT2D eigenvalue weighted by atomic mass is 32.2. The van der Waals surface area contributed by atoms with Gasteiger partial charge in [0.2, 0.25) is 34.8 Å². The van der Waals surface area contributed by atoms with E-state index >= 15 is 0 Å². The van der Waals surface area contributed by atoms with Gasteiger partial charge in [-0.2, -0.15) is 30.4 Å². The summed E-state index contributed by atoms with van der Waals surface area (Å²) in [6.07, 6.45) is -4.09. The van der Waals surface area contributed by atoms with Crippen LogP contribution < -0.4 is 8.92 Å². The van der Waals surface area contributed by atoms with E-state index in [0.717, 1.165) is 24.3 Å². The van der Waals surface area contributed by atoms with Crippen LogP contribution in [0.3, 0.4) is 0 Å². The molecule has 0 amide bonds. The number of fused-ring (bicyclic) bond motifs is 1. The molecule has 0 N–H and O–H groups in total. The van der Waals surface area contributed by atoms with E-state index < -0.39 is 67.5 Å². The Balaban J connectivity index is 1.72. The molecule has 1 unspecified atom stereocenters. The number of hydrogen-bond acceptors (Lipinski definition) is 5. The first kappa shape index (κ1) is 28.6. The fourth-order valence-electron chi connectivity index (χ4n) is 4.21. The van der Waals surface area contributed by atoms with Crippen molar-refractivity contribution in [2.24, 2.45) is 0 Å². The second kappa shape index (κ2) is 10.6. The molecule has 3 aromatic rings. The molecule has 39 heavy (non-hydrogen) atoms. The monoisotopic (exact) mass is 582 g/mol. The molecule has 14 heteroatoms. The topological polar surface area (TPSA) is 61.8 Å². The van der Waals surface area contributed by atoms with Gasteiger partial charge < -0.3 is 13.7 Å². The minimum atomic E-state index is -5.12. The van der Waals surface area contributed by atoms with Crippen molar-refractivity contribution in [3.63, 3.8) is 0 Å². The van der Waals surface area contributed by atoms with Crippen molar-refractivity contribution in [3.05, 3.63) is 87.7 Å². The zero-order valence-electron chi connectivity index (χ0n) is 19.8. The van der Waals surface area contributed by atoms with Gasteiger partial charge in [0.25, 0.3) is 0 Å². The Labute approximate surface area is 217 Å². The first-order valence-electron chi connectivity index (χ1n) is 11.2. The lowest BCUT2D eigenvalue weighted by Crippen LogP contribution is -2.19. The molecular formula is C25H18F8O5S. The zero-order chi connectivity index (χ0) is 28.7. The van der Waals surface area contributed by atoms with Gasteiger partial charge in [0.05, 0.1) is 18.8 Å². The number of hydrogen-bond donors (Lipinski definition) is 0. The molecule has 1 aliphatic heterocycles. The van der Waals surface area contributed by atoms with Crippen LogP contribution in [-0.2, 0) is 27.5 Å². The SMILES string of the molecule is COCCc1cc(C(F)(F)F)ccc1C1CCOc2cc(S(=O)(=O)Oc3c(F)c(F)c(F)c(F)c3F)ccc21. The number of rotatable bonds is 7. The first-order valence-corrected chi connectivity index (χ1v) is 12.6. The highest BCUT2D eigenvalue weighted by molar-refractivity contribution is 7.87. The maximum atomic E-state index is 14.0. The molecule has 1 aliphatic rings. The molecule has 0 saturated carbocycles. The number of ether oxygens (including phenoxy) is 2. The van der Waals surface area contributed by atoms with E-state index in [1.54, 1.807) is 0 Å². The summed E-state index contributed by atoms with van der Waals surface area (Å²) in [6.45, 7) is 0.168. The van der Waals surface area contributed by atoms with Crippen molar-refractivity contribution in [3.8, 4) is 11.5 Å². The molecule has 1 atom stereocenters. The molecular weight excluding hydrogens is 564 g/mol. The predicted molar refractivity (Wildman–Crippen MR) is 119 cm³/mol. The van der Waals surface area contributed by atoms with E-state index in [4.69, 9.17) is 9.47 Å². The smallest absolute Gasteiger partial charge is 0.416 e. The van der Waals surface area contributed by atoms with Crippen LogP contribution in [0.25, 0.3) is 0 Å². The Morgan fingerprint density at radius 1 is 0.897 bits per heavy atom. The summed E-state index contributed by atoms with van der Waals surface area (Å²) in [5.41, 5.74) is 0.431. The molecule has 4 rings (SSSR count). The lowest BCUT2D eigenvalue weighted by molar-refractivity contribution is -0.137. The van der Waals surface area contributed by atoms with Gasteiger partial charge in [0, 0.05) is 24.7 Å². The largest absolute Gasteiger partial charge is 0.493 e. The summed E-state index contributed by atoms with van der Waals surface area (Å²) in [6, 6.07) is 6.43. The predicted octanol–water partition coefficient (Wildman–Crippen LogP) is 6.27. The Morgan fingerprint density at radius 3 is 2.13 bits per heavy atom. The Kier molecular flexibility index (Phi) is 7.81. The Morgan fingerprint density at radius 2 is 1.51 bits per heavy atom. The molecule has 0 aromatic heterocycles. The molecule has 0 fully saturated rings. The van der Waals surface area contributed by atoms with Crippen molar-refractivity contribution < 1.29 is 57.2 Å². The van der Waals surface area contributed by atoms with Crippen molar-refractivity contribution >= 4 is 10.1 Å². The van der Waals surface area contributed by atoms with E-state index in [2.05, 4.69) is 4.18 Å². The van der Waals surface area contributed by atoms with Crippen LogP contribution >= 0.6 is 0 Å². The summed E-state index contributed by atoms with van der Waals surface area (Å²) >= 11 is 0. The van der Waals surface area contributed by atoms with Crippen LogP contribution in [-0.4, -0.2) is 28.7 Å². The van der Waals surface area contributed by atoms with Crippen LogP contribution in [0, 0.1) is 29.1 Å². The minimum absolute atomic E-state index is 0.0223. The lowest BCUT2D eigenvalue weighted by atomic mass is 9.83. The van der Waals surface area contributed by atoms with Crippen LogP contribution in [0.4, 0.5) is 35.1 Å². The fraction of sp³-hybridized carbons (Fsp3) is 0.280. The van der Waals surface area contributed by atoms with Gasteiger partial charge >= 0.3 is 16.3 Å². The van der Waals surface area contributed by atoms with E-state index in [9.17, 15) is 43.5 Å². The maximum Gasteiger partial charge on any atom is 0.416 e. The first-order chi connectivity index (χ1) is 18.3. The second-order valence-corrected chi connectivity index (χ2v) is 10.0. The van der Waals surface area contributed by atoms with Crippen LogP contribution in [0.15, 0.2) is 41.3 Å².